The maximum absolute atomic E-state index is 13.1. The minimum atomic E-state index is -0.0476. The van der Waals surface area contributed by atoms with E-state index in [4.69, 9.17) is 5.26 Å². The van der Waals surface area contributed by atoms with Gasteiger partial charge in [0.25, 0.3) is 5.91 Å². The van der Waals surface area contributed by atoms with Gasteiger partial charge in [0, 0.05) is 37.4 Å². The number of carbonyl (C=O) groups is 1. The smallest absolute Gasteiger partial charge is 0.274 e. The molecule has 1 N–H and O–H groups in total. The summed E-state index contributed by atoms with van der Waals surface area (Å²) in [7, 11) is 0. The van der Waals surface area contributed by atoms with Crippen molar-refractivity contribution in [1.82, 2.24) is 14.9 Å². The average molecular weight is 371 g/mol. The number of hydrogen-bond donors (Lipinski definition) is 1. The standard InChI is InChI=1S/C22H21N5O/c1-16-24-20(18-7-3-2-4-8-18)21(25-16)22(28)27-12-10-26(11-13-27)19-9-5-6-17(14-19)15-23/h2-9,14H,10-13H2,1H3,(H,24,25). The number of nitrogens with zero attached hydrogens (tertiary/aromatic N) is 4. The Morgan fingerprint density at radius 3 is 2.54 bits per heavy atom. The molecule has 0 saturated carbocycles. The Hall–Kier alpha value is -3.59. The summed E-state index contributed by atoms with van der Waals surface area (Å²) in [5.74, 6) is 0.683. The van der Waals surface area contributed by atoms with Crippen molar-refractivity contribution in [1.29, 1.82) is 5.26 Å². The molecule has 6 nitrogen and oxygen atoms in total. The highest BCUT2D eigenvalue weighted by atomic mass is 16.2. The van der Waals surface area contributed by atoms with Crippen LogP contribution in [0.15, 0.2) is 54.6 Å². The molecule has 28 heavy (non-hydrogen) atoms. The Balaban J connectivity index is 1.50. The molecule has 2 aromatic carbocycles. The van der Waals surface area contributed by atoms with Gasteiger partial charge in [-0.3, -0.25) is 4.79 Å². The molecule has 2 heterocycles. The summed E-state index contributed by atoms with van der Waals surface area (Å²) in [5, 5.41) is 9.09. The van der Waals surface area contributed by atoms with Crippen LogP contribution in [0.25, 0.3) is 11.3 Å². The lowest BCUT2D eigenvalue weighted by molar-refractivity contribution is 0.0742. The van der Waals surface area contributed by atoms with Gasteiger partial charge < -0.3 is 14.8 Å². The lowest BCUT2D eigenvalue weighted by Crippen LogP contribution is -2.49. The number of nitriles is 1. The Kier molecular flexibility index (Phi) is 4.81. The quantitative estimate of drug-likeness (QED) is 0.767. The number of hydrogen-bond acceptors (Lipinski definition) is 4. The van der Waals surface area contributed by atoms with E-state index in [2.05, 4.69) is 20.9 Å². The van der Waals surface area contributed by atoms with Crippen LogP contribution < -0.4 is 4.90 Å². The molecule has 1 aromatic heterocycles. The normalized spacial score (nSPS) is 14.0. The van der Waals surface area contributed by atoms with Gasteiger partial charge in [-0.1, -0.05) is 36.4 Å². The molecule has 0 unspecified atom stereocenters. The van der Waals surface area contributed by atoms with Crippen molar-refractivity contribution in [2.45, 2.75) is 6.92 Å². The maximum atomic E-state index is 13.1. The van der Waals surface area contributed by atoms with E-state index in [1.54, 1.807) is 6.07 Å². The molecule has 0 spiro atoms. The average Bonchev–Trinajstić information content (AvgIpc) is 3.15. The van der Waals surface area contributed by atoms with Gasteiger partial charge in [-0.05, 0) is 25.1 Å². The molecule has 1 saturated heterocycles. The first-order valence-corrected chi connectivity index (χ1v) is 9.32. The van der Waals surface area contributed by atoms with Gasteiger partial charge in [0.05, 0.1) is 17.3 Å². The van der Waals surface area contributed by atoms with Crippen LogP contribution in [0, 0.1) is 18.3 Å². The molecule has 4 rings (SSSR count). The predicted molar refractivity (Wildman–Crippen MR) is 108 cm³/mol. The molecule has 0 radical (unpaired) electrons. The van der Waals surface area contributed by atoms with Crippen molar-refractivity contribution in [2.75, 3.05) is 31.1 Å². The Morgan fingerprint density at radius 1 is 1.07 bits per heavy atom. The van der Waals surface area contributed by atoms with E-state index in [0.29, 0.717) is 24.3 Å². The monoisotopic (exact) mass is 371 g/mol. The zero-order valence-electron chi connectivity index (χ0n) is 15.7. The van der Waals surface area contributed by atoms with Crippen LogP contribution in [0.4, 0.5) is 5.69 Å². The number of benzene rings is 2. The first-order chi connectivity index (χ1) is 13.7. The van der Waals surface area contributed by atoms with Gasteiger partial charge in [0.2, 0.25) is 0 Å². The number of carbonyl (C=O) groups excluding carboxylic acids is 1. The van der Waals surface area contributed by atoms with Crippen molar-refractivity contribution in [2.24, 2.45) is 0 Å². The molecule has 1 aliphatic heterocycles. The Labute approximate surface area is 164 Å². The number of aromatic nitrogens is 2. The Morgan fingerprint density at radius 2 is 1.82 bits per heavy atom. The molecule has 140 valence electrons. The van der Waals surface area contributed by atoms with E-state index in [1.165, 1.54) is 0 Å². The fourth-order valence-electron chi connectivity index (χ4n) is 3.55. The van der Waals surface area contributed by atoms with E-state index in [-0.39, 0.29) is 5.91 Å². The summed E-state index contributed by atoms with van der Waals surface area (Å²) < 4.78 is 0. The molecule has 6 heteroatoms. The first-order valence-electron chi connectivity index (χ1n) is 9.32. The number of aryl methyl sites for hydroxylation is 1. The lowest BCUT2D eigenvalue weighted by atomic mass is 10.1. The second-order valence-corrected chi connectivity index (χ2v) is 6.85. The topological polar surface area (TPSA) is 76.0 Å². The minimum Gasteiger partial charge on any atom is -0.368 e. The van der Waals surface area contributed by atoms with Gasteiger partial charge in [-0.15, -0.1) is 0 Å². The van der Waals surface area contributed by atoms with Crippen molar-refractivity contribution in [3.63, 3.8) is 0 Å². The van der Waals surface area contributed by atoms with Crippen LogP contribution in [0.1, 0.15) is 21.9 Å². The van der Waals surface area contributed by atoms with Crippen molar-refractivity contribution in [3.8, 4) is 17.3 Å². The molecule has 1 amide bonds. The van der Waals surface area contributed by atoms with Crippen molar-refractivity contribution < 1.29 is 4.79 Å². The van der Waals surface area contributed by atoms with Crippen LogP contribution in [-0.4, -0.2) is 47.0 Å². The highest BCUT2D eigenvalue weighted by Crippen LogP contribution is 2.24. The van der Waals surface area contributed by atoms with Gasteiger partial charge in [-0.2, -0.15) is 5.26 Å². The fraction of sp³-hybridized carbons (Fsp3) is 0.227. The predicted octanol–water partition coefficient (Wildman–Crippen LogP) is 3.22. The first kappa shape index (κ1) is 17.8. The third-order valence-electron chi connectivity index (χ3n) is 4.99. The summed E-state index contributed by atoms with van der Waals surface area (Å²) in [6.07, 6.45) is 0. The summed E-state index contributed by atoms with van der Waals surface area (Å²) in [5.41, 5.74) is 3.87. The number of rotatable bonds is 3. The Bertz CT molecular complexity index is 1030. The summed E-state index contributed by atoms with van der Waals surface area (Å²) in [6.45, 7) is 4.56. The number of H-pyrrole nitrogens is 1. The lowest BCUT2D eigenvalue weighted by Gasteiger charge is -2.36. The van der Waals surface area contributed by atoms with Gasteiger partial charge in [-0.25, -0.2) is 4.98 Å². The van der Waals surface area contributed by atoms with Gasteiger partial charge in [0.1, 0.15) is 5.82 Å². The fourth-order valence-corrected chi connectivity index (χ4v) is 3.55. The van der Waals surface area contributed by atoms with Crippen molar-refractivity contribution in [3.05, 3.63) is 71.7 Å². The van der Waals surface area contributed by atoms with E-state index < -0.39 is 0 Å². The number of anilines is 1. The van der Waals surface area contributed by atoms with Crippen LogP contribution in [0.3, 0.4) is 0 Å². The zero-order chi connectivity index (χ0) is 19.5. The second kappa shape index (κ2) is 7.57. The highest BCUT2D eigenvalue weighted by molar-refractivity contribution is 5.98. The van der Waals surface area contributed by atoms with Gasteiger partial charge in [0.15, 0.2) is 5.69 Å². The van der Waals surface area contributed by atoms with Crippen molar-refractivity contribution >= 4 is 11.6 Å². The SMILES string of the molecule is Cc1nc(C(=O)N2CCN(c3cccc(C#N)c3)CC2)c(-c2ccccc2)[nH]1. The van der Waals surface area contributed by atoms with Crippen LogP contribution in [0.2, 0.25) is 0 Å². The molecular formula is C22H21N5O. The highest BCUT2D eigenvalue weighted by Gasteiger charge is 2.26. The molecule has 3 aromatic rings. The van der Waals surface area contributed by atoms with Crippen LogP contribution in [-0.2, 0) is 0 Å². The van der Waals surface area contributed by atoms with E-state index in [1.807, 2.05) is 60.4 Å². The largest absolute Gasteiger partial charge is 0.368 e. The molecule has 0 aliphatic carbocycles. The molecular weight excluding hydrogens is 350 g/mol. The van der Waals surface area contributed by atoms with Gasteiger partial charge >= 0.3 is 0 Å². The number of nitrogens with one attached hydrogen (secondary N) is 1. The van der Waals surface area contributed by atoms with E-state index in [0.717, 1.165) is 35.9 Å². The minimum absolute atomic E-state index is 0.0476. The van der Waals surface area contributed by atoms with Crippen LogP contribution >= 0.6 is 0 Å². The maximum Gasteiger partial charge on any atom is 0.274 e. The van der Waals surface area contributed by atoms with Crippen LogP contribution in [0.5, 0.6) is 0 Å². The molecule has 1 aliphatic rings. The zero-order valence-corrected chi connectivity index (χ0v) is 15.7. The number of aromatic amines is 1. The van der Waals surface area contributed by atoms with E-state index in [9.17, 15) is 4.79 Å². The number of amides is 1. The number of imidazole rings is 1. The van der Waals surface area contributed by atoms with E-state index >= 15 is 0 Å². The molecule has 1 fully saturated rings. The summed E-state index contributed by atoms with van der Waals surface area (Å²) >= 11 is 0. The third-order valence-corrected chi connectivity index (χ3v) is 4.99. The number of piperazine rings is 1. The molecule has 0 atom stereocenters. The summed E-state index contributed by atoms with van der Waals surface area (Å²) in [4.78, 5) is 24.9. The summed E-state index contributed by atoms with van der Waals surface area (Å²) in [6, 6.07) is 19.6. The molecule has 0 bridgehead atoms. The third kappa shape index (κ3) is 3.47. The second-order valence-electron chi connectivity index (χ2n) is 6.85.